The van der Waals surface area contributed by atoms with Gasteiger partial charge in [0, 0.05) is 23.5 Å². The number of fused-ring (bicyclic) bond motifs is 1. The Hall–Kier alpha value is -1.36. The lowest BCUT2D eigenvalue weighted by atomic mass is 10.1. The lowest BCUT2D eigenvalue weighted by Crippen LogP contribution is -2.27. The number of carbonyl (C=O) groups excluding carboxylic acids is 1. The maximum atomic E-state index is 11.8. The second-order valence-electron chi connectivity index (χ2n) is 6.00. The quantitative estimate of drug-likeness (QED) is 0.821. The number of aryl methyl sites for hydroxylation is 1. The molecule has 1 aliphatic heterocycles. The molecule has 1 N–H and O–H groups in total. The largest absolute Gasteiger partial charge is 0.454 e. The summed E-state index contributed by atoms with van der Waals surface area (Å²) in [6.07, 6.45) is 1.22. The van der Waals surface area contributed by atoms with E-state index < -0.39 is 0 Å². The molecule has 0 saturated carbocycles. The summed E-state index contributed by atoms with van der Waals surface area (Å²) < 4.78 is 10.8. The van der Waals surface area contributed by atoms with Crippen LogP contribution in [0.15, 0.2) is 18.2 Å². The zero-order valence-electron chi connectivity index (χ0n) is 12.9. The maximum absolute atomic E-state index is 11.8. The molecule has 21 heavy (non-hydrogen) atoms. The molecule has 1 aromatic rings. The van der Waals surface area contributed by atoms with E-state index in [2.05, 4.69) is 26.1 Å². The molecule has 1 aromatic carbocycles. The zero-order chi connectivity index (χ0) is 15.3. The van der Waals surface area contributed by atoms with Crippen molar-refractivity contribution in [2.24, 2.45) is 0 Å². The van der Waals surface area contributed by atoms with Crippen molar-refractivity contribution in [1.29, 1.82) is 0 Å². The first kappa shape index (κ1) is 16.0. The fourth-order valence-electron chi connectivity index (χ4n) is 1.99. The summed E-state index contributed by atoms with van der Waals surface area (Å²) in [5.41, 5.74) is 1.10. The van der Waals surface area contributed by atoms with Crippen LogP contribution in [0.4, 0.5) is 0 Å². The number of benzene rings is 1. The van der Waals surface area contributed by atoms with Crippen molar-refractivity contribution < 1.29 is 14.3 Å². The Bertz CT molecular complexity index is 497. The van der Waals surface area contributed by atoms with Gasteiger partial charge in [-0.1, -0.05) is 26.8 Å². The number of rotatable bonds is 6. The van der Waals surface area contributed by atoms with Crippen molar-refractivity contribution in [3.8, 4) is 11.5 Å². The van der Waals surface area contributed by atoms with Crippen LogP contribution in [-0.2, 0) is 11.2 Å². The van der Waals surface area contributed by atoms with Crippen LogP contribution in [-0.4, -0.2) is 29.7 Å². The highest BCUT2D eigenvalue weighted by atomic mass is 32.2. The predicted octanol–water partition coefficient (Wildman–Crippen LogP) is 3.00. The van der Waals surface area contributed by atoms with E-state index in [-0.39, 0.29) is 17.4 Å². The molecule has 0 aliphatic carbocycles. The van der Waals surface area contributed by atoms with Gasteiger partial charge >= 0.3 is 0 Å². The first-order valence-electron chi connectivity index (χ1n) is 7.23. The highest BCUT2D eigenvalue weighted by molar-refractivity contribution is 8.00. The maximum Gasteiger partial charge on any atom is 0.231 e. The van der Waals surface area contributed by atoms with Crippen molar-refractivity contribution >= 4 is 17.7 Å². The minimum Gasteiger partial charge on any atom is -0.454 e. The Morgan fingerprint density at radius 3 is 2.81 bits per heavy atom. The monoisotopic (exact) mass is 309 g/mol. The van der Waals surface area contributed by atoms with Gasteiger partial charge in [-0.05, 0) is 24.1 Å². The number of nitrogens with one attached hydrogen (secondary N) is 1. The fraction of sp³-hybridized carbons (Fsp3) is 0.562. The van der Waals surface area contributed by atoms with Crippen LogP contribution in [0.2, 0.25) is 0 Å². The number of ether oxygens (including phenoxy) is 2. The van der Waals surface area contributed by atoms with Crippen molar-refractivity contribution in [1.82, 2.24) is 5.32 Å². The molecule has 0 spiro atoms. The Labute approximate surface area is 130 Å². The van der Waals surface area contributed by atoms with Crippen molar-refractivity contribution in [2.75, 3.05) is 19.1 Å². The molecular formula is C16H23NO3S. The van der Waals surface area contributed by atoms with E-state index in [1.165, 1.54) is 0 Å². The number of hydrogen-bond donors (Lipinski definition) is 1. The van der Waals surface area contributed by atoms with Gasteiger partial charge in [0.1, 0.15) is 0 Å². The highest BCUT2D eigenvalue weighted by Gasteiger charge is 2.14. The first-order valence-corrected chi connectivity index (χ1v) is 8.22. The topological polar surface area (TPSA) is 47.6 Å². The SMILES string of the molecule is CC(C)(C)SCCNC(=O)CCc1ccc2c(c1)OCO2. The Morgan fingerprint density at radius 2 is 2.05 bits per heavy atom. The van der Waals surface area contributed by atoms with Crippen molar-refractivity contribution in [2.45, 2.75) is 38.4 Å². The number of thioether (sulfide) groups is 1. The van der Waals surface area contributed by atoms with Crippen LogP contribution in [0.5, 0.6) is 11.5 Å². The highest BCUT2D eigenvalue weighted by Crippen LogP contribution is 2.32. The minimum absolute atomic E-state index is 0.0992. The third-order valence-electron chi connectivity index (χ3n) is 3.04. The Morgan fingerprint density at radius 1 is 1.29 bits per heavy atom. The summed E-state index contributed by atoms with van der Waals surface area (Å²) in [6.45, 7) is 7.55. The van der Waals surface area contributed by atoms with Crippen LogP contribution < -0.4 is 14.8 Å². The van der Waals surface area contributed by atoms with Gasteiger partial charge in [-0.2, -0.15) is 11.8 Å². The normalized spacial score (nSPS) is 13.3. The van der Waals surface area contributed by atoms with Crippen LogP contribution in [0.3, 0.4) is 0 Å². The van der Waals surface area contributed by atoms with E-state index in [9.17, 15) is 4.79 Å². The molecule has 116 valence electrons. The number of carbonyl (C=O) groups is 1. The summed E-state index contributed by atoms with van der Waals surface area (Å²) >= 11 is 1.86. The van der Waals surface area contributed by atoms with E-state index in [0.29, 0.717) is 6.42 Å². The molecule has 1 aliphatic rings. The lowest BCUT2D eigenvalue weighted by Gasteiger charge is -2.17. The summed E-state index contributed by atoms with van der Waals surface area (Å²) in [5, 5.41) is 2.96. The second-order valence-corrected chi connectivity index (χ2v) is 7.92. The van der Waals surface area contributed by atoms with Gasteiger partial charge in [0.25, 0.3) is 0 Å². The Kier molecular flexibility index (Phi) is 5.39. The van der Waals surface area contributed by atoms with Gasteiger partial charge in [-0.15, -0.1) is 0 Å². The van der Waals surface area contributed by atoms with Crippen molar-refractivity contribution in [3.05, 3.63) is 23.8 Å². The molecular weight excluding hydrogens is 286 g/mol. The molecule has 1 amide bonds. The third-order valence-corrected chi connectivity index (χ3v) is 4.31. The predicted molar refractivity (Wildman–Crippen MR) is 86.1 cm³/mol. The number of amides is 1. The smallest absolute Gasteiger partial charge is 0.231 e. The summed E-state index contributed by atoms with van der Waals surface area (Å²) in [6, 6.07) is 5.83. The van der Waals surface area contributed by atoms with Gasteiger partial charge in [0.05, 0.1) is 0 Å². The molecule has 0 saturated heterocycles. The van der Waals surface area contributed by atoms with E-state index in [1.807, 2.05) is 30.0 Å². The summed E-state index contributed by atoms with van der Waals surface area (Å²) in [7, 11) is 0. The standard InChI is InChI=1S/C16H23NO3S/c1-16(2,3)21-9-8-17-15(18)7-5-12-4-6-13-14(10-12)20-11-19-13/h4,6,10H,5,7-9,11H2,1-3H3,(H,17,18). The van der Waals surface area contributed by atoms with Gasteiger partial charge in [0.15, 0.2) is 11.5 Å². The molecule has 0 fully saturated rings. The fourth-order valence-corrected chi connectivity index (χ4v) is 2.81. The minimum atomic E-state index is 0.0992. The van der Waals surface area contributed by atoms with Gasteiger partial charge in [-0.3, -0.25) is 4.79 Å². The Balaban J connectivity index is 1.67. The lowest BCUT2D eigenvalue weighted by molar-refractivity contribution is -0.120. The van der Waals surface area contributed by atoms with E-state index in [1.54, 1.807) is 0 Å². The van der Waals surface area contributed by atoms with Gasteiger partial charge < -0.3 is 14.8 Å². The van der Waals surface area contributed by atoms with Crippen LogP contribution >= 0.6 is 11.8 Å². The molecule has 0 radical (unpaired) electrons. The van der Waals surface area contributed by atoms with Gasteiger partial charge in [0.2, 0.25) is 12.7 Å². The van der Waals surface area contributed by atoms with E-state index in [0.717, 1.165) is 35.8 Å². The molecule has 1 heterocycles. The second kappa shape index (κ2) is 7.07. The van der Waals surface area contributed by atoms with E-state index in [4.69, 9.17) is 9.47 Å². The molecule has 0 atom stereocenters. The third kappa shape index (κ3) is 5.50. The zero-order valence-corrected chi connectivity index (χ0v) is 13.7. The van der Waals surface area contributed by atoms with Crippen LogP contribution in [0.1, 0.15) is 32.8 Å². The molecule has 5 heteroatoms. The van der Waals surface area contributed by atoms with Crippen LogP contribution in [0, 0.1) is 0 Å². The van der Waals surface area contributed by atoms with Crippen LogP contribution in [0.25, 0.3) is 0 Å². The average molecular weight is 309 g/mol. The molecule has 4 nitrogen and oxygen atoms in total. The summed E-state index contributed by atoms with van der Waals surface area (Å²) in [4.78, 5) is 11.8. The molecule has 2 rings (SSSR count). The average Bonchev–Trinajstić information content (AvgIpc) is 2.87. The van der Waals surface area contributed by atoms with Crippen molar-refractivity contribution in [3.63, 3.8) is 0 Å². The number of hydrogen-bond acceptors (Lipinski definition) is 4. The molecule has 0 aromatic heterocycles. The van der Waals surface area contributed by atoms with E-state index >= 15 is 0 Å². The first-order chi connectivity index (χ1) is 9.94. The molecule has 0 bridgehead atoms. The molecule has 0 unspecified atom stereocenters. The van der Waals surface area contributed by atoms with Gasteiger partial charge in [-0.25, -0.2) is 0 Å². The summed E-state index contributed by atoms with van der Waals surface area (Å²) in [5.74, 6) is 2.60.